The van der Waals surface area contributed by atoms with Crippen molar-refractivity contribution in [3.8, 4) is 0 Å². The molecule has 1 fully saturated rings. The Morgan fingerprint density at radius 1 is 1.36 bits per heavy atom. The maximum atomic E-state index is 12.8. The van der Waals surface area contributed by atoms with E-state index in [4.69, 9.17) is 5.73 Å². The number of hydrogen-bond acceptors (Lipinski definition) is 2. The first kappa shape index (κ1) is 10.1. The molecule has 0 bridgehead atoms. The van der Waals surface area contributed by atoms with Crippen LogP contribution >= 0.6 is 11.3 Å². The zero-order valence-electron chi connectivity index (χ0n) is 8.23. The Hall–Kier alpha value is -0.480. The van der Waals surface area contributed by atoms with E-state index in [9.17, 15) is 8.78 Å². The van der Waals surface area contributed by atoms with Crippen molar-refractivity contribution in [2.75, 3.05) is 0 Å². The Morgan fingerprint density at radius 2 is 1.93 bits per heavy atom. The maximum absolute atomic E-state index is 12.8. The van der Waals surface area contributed by atoms with Crippen LogP contribution in [0.5, 0.6) is 0 Å². The number of hydrogen-bond donors (Lipinski definition) is 1. The van der Waals surface area contributed by atoms with E-state index in [-0.39, 0.29) is 12.8 Å². The molecule has 0 atom stereocenters. The van der Waals surface area contributed by atoms with E-state index in [2.05, 4.69) is 0 Å². The topological polar surface area (TPSA) is 26.0 Å². The Bertz CT molecular complexity index is 362. The molecule has 1 aliphatic carbocycles. The minimum Gasteiger partial charge on any atom is -0.321 e. The molecular weight excluding hydrogens is 204 g/mol. The van der Waals surface area contributed by atoms with Crippen LogP contribution in [0.15, 0.2) is 6.07 Å². The highest BCUT2D eigenvalue weighted by atomic mass is 32.1. The molecule has 0 unspecified atom stereocenters. The van der Waals surface area contributed by atoms with Crippen molar-refractivity contribution in [1.82, 2.24) is 0 Å². The molecule has 2 N–H and O–H groups in total. The van der Waals surface area contributed by atoms with Crippen molar-refractivity contribution in [2.45, 2.75) is 38.2 Å². The molecule has 78 valence electrons. The molecule has 2 rings (SSSR count). The minimum atomic E-state index is -2.56. The molecule has 1 nitrogen and oxygen atoms in total. The third-order valence-corrected chi connectivity index (χ3v) is 3.69. The highest BCUT2D eigenvalue weighted by Gasteiger charge is 2.55. The molecule has 14 heavy (non-hydrogen) atoms. The highest BCUT2D eigenvalue weighted by Crippen LogP contribution is 2.51. The summed E-state index contributed by atoms with van der Waals surface area (Å²) in [5.41, 5.74) is 6.07. The molecule has 0 radical (unpaired) electrons. The van der Waals surface area contributed by atoms with E-state index in [1.54, 1.807) is 11.3 Å². The van der Waals surface area contributed by atoms with Gasteiger partial charge in [-0.05, 0) is 25.5 Å². The van der Waals surface area contributed by atoms with Gasteiger partial charge in [-0.3, -0.25) is 0 Å². The first-order chi connectivity index (χ1) is 6.32. The largest absolute Gasteiger partial charge is 0.321 e. The van der Waals surface area contributed by atoms with Crippen LogP contribution < -0.4 is 5.73 Å². The Labute approximate surface area is 85.9 Å². The molecule has 4 heteroatoms. The van der Waals surface area contributed by atoms with Crippen molar-refractivity contribution in [1.29, 1.82) is 0 Å². The standard InChI is InChI=1S/C10H13F2NS/c1-6-3-8(7(2)14-6)9(13)4-10(11,12)5-9/h3H,4-5,13H2,1-2H3. The predicted molar refractivity (Wildman–Crippen MR) is 53.8 cm³/mol. The fourth-order valence-corrected chi connectivity index (χ4v) is 3.22. The van der Waals surface area contributed by atoms with Crippen LogP contribution in [0, 0.1) is 13.8 Å². The van der Waals surface area contributed by atoms with Crippen LogP contribution in [0.4, 0.5) is 8.78 Å². The van der Waals surface area contributed by atoms with Crippen LogP contribution in [0.25, 0.3) is 0 Å². The Kier molecular flexibility index (Phi) is 1.98. The quantitative estimate of drug-likeness (QED) is 0.769. The van der Waals surface area contributed by atoms with Crippen molar-refractivity contribution in [3.05, 3.63) is 21.4 Å². The van der Waals surface area contributed by atoms with Crippen molar-refractivity contribution in [2.24, 2.45) is 5.73 Å². The van der Waals surface area contributed by atoms with Gasteiger partial charge in [0.2, 0.25) is 0 Å². The third-order valence-electron chi connectivity index (χ3n) is 2.73. The fourth-order valence-electron chi connectivity index (χ4n) is 2.19. The smallest absolute Gasteiger partial charge is 0.252 e. The van der Waals surface area contributed by atoms with Gasteiger partial charge >= 0.3 is 0 Å². The summed E-state index contributed by atoms with van der Waals surface area (Å²) in [6.45, 7) is 3.92. The molecule has 0 spiro atoms. The summed E-state index contributed by atoms with van der Waals surface area (Å²) in [5.74, 6) is -2.56. The van der Waals surface area contributed by atoms with Crippen molar-refractivity contribution in [3.63, 3.8) is 0 Å². The molecule has 0 amide bonds. The van der Waals surface area contributed by atoms with E-state index in [0.29, 0.717) is 0 Å². The van der Waals surface area contributed by atoms with E-state index in [1.807, 2.05) is 19.9 Å². The van der Waals surface area contributed by atoms with Gasteiger partial charge in [-0.25, -0.2) is 8.78 Å². The highest BCUT2D eigenvalue weighted by molar-refractivity contribution is 7.12. The summed E-state index contributed by atoms with van der Waals surface area (Å²) in [6, 6.07) is 1.94. The lowest BCUT2D eigenvalue weighted by atomic mass is 9.70. The molecule has 1 heterocycles. The number of halogens is 2. The van der Waals surface area contributed by atoms with Gasteiger partial charge in [-0.2, -0.15) is 0 Å². The maximum Gasteiger partial charge on any atom is 0.252 e. The molecule has 0 saturated heterocycles. The molecular formula is C10H13F2NS. The molecule has 0 aromatic carbocycles. The molecule has 1 saturated carbocycles. The van der Waals surface area contributed by atoms with Crippen LogP contribution in [-0.2, 0) is 5.54 Å². The Balaban J connectivity index is 2.29. The van der Waals surface area contributed by atoms with Crippen LogP contribution in [-0.4, -0.2) is 5.92 Å². The van der Waals surface area contributed by atoms with E-state index in [0.717, 1.165) is 15.3 Å². The zero-order chi connectivity index (χ0) is 10.6. The van der Waals surface area contributed by atoms with Gasteiger partial charge in [0.25, 0.3) is 5.92 Å². The summed E-state index contributed by atoms with van der Waals surface area (Å²) in [5, 5.41) is 0. The second-order valence-corrected chi connectivity index (χ2v) is 5.65. The summed E-state index contributed by atoms with van der Waals surface area (Å²) >= 11 is 1.62. The number of alkyl halides is 2. The summed E-state index contributed by atoms with van der Waals surface area (Å²) < 4.78 is 25.6. The first-order valence-electron chi connectivity index (χ1n) is 4.57. The van der Waals surface area contributed by atoms with Gasteiger partial charge in [-0.1, -0.05) is 0 Å². The SMILES string of the molecule is Cc1cc(C2(N)CC(F)(F)C2)c(C)s1. The van der Waals surface area contributed by atoms with E-state index >= 15 is 0 Å². The molecule has 1 aliphatic rings. The molecule has 1 aromatic rings. The summed E-state index contributed by atoms with van der Waals surface area (Å²) in [4.78, 5) is 2.21. The van der Waals surface area contributed by atoms with Gasteiger partial charge < -0.3 is 5.73 Å². The monoisotopic (exact) mass is 217 g/mol. The number of thiophene rings is 1. The zero-order valence-corrected chi connectivity index (χ0v) is 9.05. The lowest BCUT2D eigenvalue weighted by Gasteiger charge is -2.44. The van der Waals surface area contributed by atoms with Crippen molar-refractivity contribution >= 4 is 11.3 Å². The van der Waals surface area contributed by atoms with Gasteiger partial charge in [0.1, 0.15) is 0 Å². The van der Waals surface area contributed by atoms with Gasteiger partial charge in [-0.15, -0.1) is 11.3 Å². The third kappa shape index (κ3) is 1.46. The van der Waals surface area contributed by atoms with Gasteiger partial charge in [0.05, 0.1) is 5.54 Å². The minimum absolute atomic E-state index is 0.211. The second-order valence-electron chi connectivity index (χ2n) is 4.19. The normalized spacial score (nSPS) is 23.2. The molecule has 0 aliphatic heterocycles. The first-order valence-corrected chi connectivity index (χ1v) is 5.38. The van der Waals surface area contributed by atoms with Crippen LogP contribution in [0.2, 0.25) is 0 Å². The lowest BCUT2D eigenvalue weighted by Crippen LogP contribution is -2.55. The predicted octanol–water partition coefficient (Wildman–Crippen LogP) is 2.95. The average Bonchev–Trinajstić information content (AvgIpc) is 2.25. The average molecular weight is 217 g/mol. The van der Waals surface area contributed by atoms with Gasteiger partial charge in [0, 0.05) is 22.6 Å². The Morgan fingerprint density at radius 3 is 2.29 bits per heavy atom. The van der Waals surface area contributed by atoms with Crippen molar-refractivity contribution < 1.29 is 8.78 Å². The summed E-state index contributed by atoms with van der Waals surface area (Å²) in [7, 11) is 0. The van der Waals surface area contributed by atoms with Gasteiger partial charge in [0.15, 0.2) is 0 Å². The van der Waals surface area contributed by atoms with E-state index in [1.165, 1.54) is 0 Å². The molecule has 1 aromatic heterocycles. The lowest BCUT2D eigenvalue weighted by molar-refractivity contribution is -0.125. The van der Waals surface area contributed by atoms with Crippen LogP contribution in [0.1, 0.15) is 28.2 Å². The number of nitrogens with two attached hydrogens (primary N) is 1. The number of rotatable bonds is 1. The fraction of sp³-hybridized carbons (Fsp3) is 0.600. The van der Waals surface area contributed by atoms with E-state index < -0.39 is 11.5 Å². The number of aryl methyl sites for hydroxylation is 2. The summed E-state index contributed by atoms with van der Waals surface area (Å²) in [6.07, 6.45) is -0.423. The second kappa shape index (κ2) is 2.76. The van der Waals surface area contributed by atoms with Crippen LogP contribution in [0.3, 0.4) is 0 Å².